The highest BCUT2D eigenvalue weighted by Crippen LogP contribution is 2.49. The molecule has 0 unspecified atom stereocenters. The number of carbonyl (C=O) groups excluding carboxylic acids is 3. The fourth-order valence-corrected chi connectivity index (χ4v) is 6.89. The van der Waals surface area contributed by atoms with Crippen LogP contribution in [-0.2, 0) is 14.4 Å². The fraction of sp³-hybridized carbons (Fsp3) is 0.345. The standard InChI is InChI=1S/C29H28Br2N2O4/c1-15-9-10-20(16(2)11-15)33-25(36)14-37-29-18(12-17(30)13-19(29)31)26-27-21(5-3-7-23(27)34)32-22-6-4-8-24(35)28(22)26/h9-13,26,32H,3-8,14H2,1-2H3,(H,33,36). The first kappa shape index (κ1) is 25.9. The number of hydrogen-bond donors (Lipinski definition) is 2. The number of allylic oxidation sites excluding steroid dienone is 4. The summed E-state index contributed by atoms with van der Waals surface area (Å²) in [6.07, 6.45) is 4.03. The van der Waals surface area contributed by atoms with E-state index in [1.165, 1.54) is 0 Å². The van der Waals surface area contributed by atoms with E-state index < -0.39 is 5.92 Å². The summed E-state index contributed by atoms with van der Waals surface area (Å²) in [5, 5.41) is 6.36. The zero-order valence-corrected chi connectivity index (χ0v) is 24.0. The second kappa shape index (κ2) is 10.6. The number of amides is 1. The van der Waals surface area contributed by atoms with Crippen LogP contribution in [0.5, 0.6) is 5.75 Å². The van der Waals surface area contributed by atoms with Crippen molar-refractivity contribution >= 4 is 55.0 Å². The molecule has 37 heavy (non-hydrogen) atoms. The summed E-state index contributed by atoms with van der Waals surface area (Å²) < 4.78 is 7.57. The molecular formula is C29H28Br2N2O4. The molecule has 0 atom stereocenters. The molecule has 2 N–H and O–H groups in total. The van der Waals surface area contributed by atoms with Gasteiger partial charge in [-0.2, -0.15) is 0 Å². The molecule has 0 spiro atoms. The van der Waals surface area contributed by atoms with Crippen molar-refractivity contribution < 1.29 is 19.1 Å². The van der Waals surface area contributed by atoms with E-state index >= 15 is 0 Å². The number of nitrogens with one attached hydrogen (secondary N) is 2. The average Bonchev–Trinajstić information content (AvgIpc) is 2.84. The van der Waals surface area contributed by atoms with Crippen LogP contribution in [0.3, 0.4) is 0 Å². The van der Waals surface area contributed by atoms with Gasteiger partial charge in [-0.05, 0) is 79.2 Å². The molecule has 1 aliphatic heterocycles. The molecule has 2 aromatic carbocycles. The van der Waals surface area contributed by atoms with Crippen LogP contribution in [0.25, 0.3) is 0 Å². The smallest absolute Gasteiger partial charge is 0.262 e. The maximum absolute atomic E-state index is 13.2. The van der Waals surface area contributed by atoms with Gasteiger partial charge in [-0.3, -0.25) is 14.4 Å². The summed E-state index contributed by atoms with van der Waals surface area (Å²) in [5.74, 6) is -0.253. The molecule has 8 heteroatoms. The van der Waals surface area contributed by atoms with Crippen LogP contribution in [0, 0.1) is 13.8 Å². The molecule has 2 aliphatic carbocycles. The summed E-state index contributed by atoms with van der Waals surface area (Å²) in [6, 6.07) is 9.58. The first-order valence-corrected chi connectivity index (χ1v) is 14.1. The molecule has 0 bridgehead atoms. The van der Waals surface area contributed by atoms with E-state index in [2.05, 4.69) is 42.5 Å². The number of ketones is 2. The van der Waals surface area contributed by atoms with Gasteiger partial charge in [0.05, 0.1) is 4.47 Å². The summed E-state index contributed by atoms with van der Waals surface area (Å²) in [5.41, 5.74) is 6.64. The summed E-state index contributed by atoms with van der Waals surface area (Å²) in [7, 11) is 0. The monoisotopic (exact) mass is 626 g/mol. The average molecular weight is 628 g/mol. The van der Waals surface area contributed by atoms with E-state index in [9.17, 15) is 14.4 Å². The highest BCUT2D eigenvalue weighted by atomic mass is 79.9. The SMILES string of the molecule is Cc1ccc(NC(=O)COc2c(Br)cc(Br)cc2C2C3=C(CCCC3=O)NC3=C2C(=O)CCC3)c(C)c1. The van der Waals surface area contributed by atoms with E-state index in [-0.39, 0.29) is 24.1 Å². The molecular weight excluding hydrogens is 600 g/mol. The Labute approximate surface area is 233 Å². The minimum atomic E-state index is -0.530. The molecule has 192 valence electrons. The van der Waals surface area contributed by atoms with Crippen molar-refractivity contribution in [2.24, 2.45) is 0 Å². The highest BCUT2D eigenvalue weighted by Gasteiger charge is 2.41. The van der Waals surface area contributed by atoms with E-state index in [1.54, 1.807) is 0 Å². The molecule has 0 fully saturated rings. The number of aryl methyl sites for hydroxylation is 2. The van der Waals surface area contributed by atoms with Gasteiger partial charge in [0.25, 0.3) is 5.91 Å². The first-order valence-electron chi connectivity index (χ1n) is 12.5. The second-order valence-corrected chi connectivity index (χ2v) is 11.6. The molecule has 0 saturated carbocycles. The van der Waals surface area contributed by atoms with Crippen LogP contribution in [0.1, 0.15) is 61.1 Å². The predicted molar refractivity (Wildman–Crippen MR) is 150 cm³/mol. The summed E-state index contributed by atoms with van der Waals surface area (Å²) >= 11 is 7.18. The van der Waals surface area contributed by atoms with Crippen LogP contribution in [0.15, 0.2) is 61.8 Å². The molecule has 0 saturated heterocycles. The van der Waals surface area contributed by atoms with Crippen molar-refractivity contribution in [1.82, 2.24) is 5.32 Å². The molecule has 2 aromatic rings. The Morgan fingerprint density at radius 2 is 1.62 bits per heavy atom. The number of Topliss-reactive ketones (excluding diaryl/α,β-unsaturated/α-hetero) is 2. The number of benzene rings is 2. The topological polar surface area (TPSA) is 84.5 Å². The van der Waals surface area contributed by atoms with Crippen molar-refractivity contribution in [2.75, 3.05) is 11.9 Å². The van der Waals surface area contributed by atoms with Crippen molar-refractivity contribution in [3.05, 3.63) is 78.5 Å². The molecule has 1 amide bonds. The number of carbonyl (C=O) groups is 3. The molecule has 6 nitrogen and oxygen atoms in total. The van der Waals surface area contributed by atoms with E-state index in [4.69, 9.17) is 4.74 Å². The number of anilines is 1. The Morgan fingerprint density at radius 3 is 2.24 bits per heavy atom. The van der Waals surface area contributed by atoms with Crippen molar-refractivity contribution in [2.45, 2.75) is 58.3 Å². The van der Waals surface area contributed by atoms with Crippen molar-refractivity contribution in [1.29, 1.82) is 0 Å². The van der Waals surface area contributed by atoms with Gasteiger partial charge < -0.3 is 15.4 Å². The van der Waals surface area contributed by atoms with Crippen LogP contribution >= 0.6 is 31.9 Å². The third-order valence-corrected chi connectivity index (χ3v) is 8.19. The quantitative estimate of drug-likeness (QED) is 0.393. The first-order chi connectivity index (χ1) is 17.7. The predicted octanol–water partition coefficient (Wildman–Crippen LogP) is 6.55. The van der Waals surface area contributed by atoms with Crippen LogP contribution in [0.2, 0.25) is 0 Å². The lowest BCUT2D eigenvalue weighted by Crippen LogP contribution is -2.36. The highest BCUT2D eigenvalue weighted by molar-refractivity contribution is 9.11. The Balaban J connectivity index is 1.52. The van der Waals surface area contributed by atoms with Crippen molar-refractivity contribution in [3.8, 4) is 5.75 Å². The Bertz CT molecular complexity index is 1350. The molecule has 5 rings (SSSR count). The summed E-state index contributed by atoms with van der Waals surface area (Å²) in [6.45, 7) is 3.74. The third kappa shape index (κ3) is 5.18. The van der Waals surface area contributed by atoms with Gasteiger partial charge in [-0.1, -0.05) is 33.6 Å². The number of hydrogen-bond acceptors (Lipinski definition) is 5. The van der Waals surface area contributed by atoms with Gasteiger partial charge in [0.15, 0.2) is 18.2 Å². The van der Waals surface area contributed by atoms with Crippen molar-refractivity contribution in [3.63, 3.8) is 0 Å². The van der Waals surface area contributed by atoms with Crippen LogP contribution in [0.4, 0.5) is 5.69 Å². The van der Waals surface area contributed by atoms with Gasteiger partial charge >= 0.3 is 0 Å². The Hall–Kier alpha value is -2.71. The van der Waals surface area contributed by atoms with Gasteiger partial charge in [0.1, 0.15) is 5.75 Å². The van der Waals surface area contributed by atoms with Gasteiger partial charge in [-0.25, -0.2) is 0 Å². The lowest BCUT2D eigenvalue weighted by atomic mass is 9.71. The fourth-order valence-electron chi connectivity index (χ4n) is 5.52. The number of rotatable bonds is 5. The maximum atomic E-state index is 13.2. The van der Waals surface area contributed by atoms with Crippen LogP contribution in [-0.4, -0.2) is 24.1 Å². The van der Waals surface area contributed by atoms with Gasteiger partial charge in [0.2, 0.25) is 0 Å². The molecule has 0 radical (unpaired) electrons. The minimum absolute atomic E-state index is 0.0540. The van der Waals surface area contributed by atoms with E-state index in [0.717, 1.165) is 58.4 Å². The molecule has 3 aliphatic rings. The second-order valence-electron chi connectivity index (χ2n) is 9.86. The lowest BCUT2D eigenvalue weighted by Gasteiger charge is -2.37. The zero-order valence-electron chi connectivity index (χ0n) is 20.8. The Morgan fingerprint density at radius 1 is 0.973 bits per heavy atom. The number of ether oxygens (including phenoxy) is 1. The summed E-state index contributed by atoms with van der Waals surface area (Å²) in [4.78, 5) is 39.3. The molecule has 1 heterocycles. The minimum Gasteiger partial charge on any atom is -0.482 e. The maximum Gasteiger partial charge on any atom is 0.262 e. The number of dihydropyridines is 1. The largest absolute Gasteiger partial charge is 0.482 e. The van der Waals surface area contributed by atoms with Gasteiger partial charge in [-0.15, -0.1) is 0 Å². The number of halogens is 2. The zero-order chi connectivity index (χ0) is 26.3. The van der Waals surface area contributed by atoms with Crippen LogP contribution < -0.4 is 15.4 Å². The van der Waals surface area contributed by atoms with E-state index in [1.807, 2.05) is 44.2 Å². The van der Waals surface area contributed by atoms with Gasteiger partial charge in [0, 0.05) is 57.0 Å². The molecule has 0 aromatic heterocycles. The Kier molecular flexibility index (Phi) is 7.41. The van der Waals surface area contributed by atoms with E-state index in [0.29, 0.717) is 39.8 Å². The lowest BCUT2D eigenvalue weighted by molar-refractivity contribution is -0.119. The third-order valence-electron chi connectivity index (χ3n) is 7.14. The normalized spacial score (nSPS) is 17.8.